The second-order valence-electron chi connectivity index (χ2n) is 9.52. The van der Waals surface area contributed by atoms with E-state index in [1.807, 2.05) is 41.3 Å². The van der Waals surface area contributed by atoms with Crippen LogP contribution in [-0.2, 0) is 11.3 Å². The maximum Gasteiger partial charge on any atom is 0.231 e. The summed E-state index contributed by atoms with van der Waals surface area (Å²) in [5, 5.41) is 0. The summed E-state index contributed by atoms with van der Waals surface area (Å²) in [4.78, 5) is 19.9. The molecule has 0 spiro atoms. The second kappa shape index (κ2) is 9.22. The molecule has 0 N–H and O–H groups in total. The zero-order valence-electron chi connectivity index (χ0n) is 20.6. The second-order valence-corrected chi connectivity index (χ2v) is 9.52. The molecule has 1 unspecified atom stereocenters. The van der Waals surface area contributed by atoms with E-state index in [0.717, 1.165) is 46.8 Å². The number of aryl methyl sites for hydroxylation is 3. The topological polar surface area (TPSA) is 65.8 Å². The number of carbonyl (C=O) groups is 1. The standard InChI is InChI=1S/C29H29N3O4/c1-19-8-9-20(2)26(14-19)34-13-5-12-31-24-7-4-3-6-23(24)30-29(31)21-15-28(33)32(17-21)22-10-11-25-27(16-22)36-18-35-25/h3-4,6-11,14,16,21H,5,12-13,15,17-18H2,1-2H3. The largest absolute Gasteiger partial charge is 0.493 e. The lowest BCUT2D eigenvalue weighted by Crippen LogP contribution is -2.24. The Balaban J connectivity index is 1.21. The SMILES string of the molecule is Cc1ccc(C)c(OCCCn2c(C3CC(=O)N(c4ccc5c(c4)OCO5)C3)nc3ccccc32)c1. The summed E-state index contributed by atoms with van der Waals surface area (Å²) >= 11 is 0. The lowest BCUT2D eigenvalue weighted by Gasteiger charge is -2.18. The Hall–Kier alpha value is -4.00. The number of hydrogen-bond donors (Lipinski definition) is 0. The Labute approximate surface area is 210 Å². The van der Waals surface area contributed by atoms with Crippen molar-refractivity contribution in [1.82, 2.24) is 9.55 Å². The predicted octanol–water partition coefficient (Wildman–Crippen LogP) is 5.37. The number of fused-ring (bicyclic) bond motifs is 2. The van der Waals surface area contributed by atoms with Crippen molar-refractivity contribution in [1.29, 1.82) is 0 Å². The van der Waals surface area contributed by atoms with Crippen molar-refractivity contribution < 1.29 is 19.0 Å². The summed E-state index contributed by atoms with van der Waals surface area (Å²) in [7, 11) is 0. The average molecular weight is 484 g/mol. The fraction of sp³-hybridized carbons (Fsp3) is 0.310. The molecule has 7 heteroatoms. The molecule has 1 amide bonds. The molecular weight excluding hydrogens is 454 g/mol. The molecule has 7 nitrogen and oxygen atoms in total. The minimum absolute atomic E-state index is 0.00950. The van der Waals surface area contributed by atoms with Gasteiger partial charge in [0, 0.05) is 37.2 Å². The van der Waals surface area contributed by atoms with Gasteiger partial charge < -0.3 is 23.7 Å². The highest BCUT2D eigenvalue weighted by Gasteiger charge is 2.35. The van der Waals surface area contributed by atoms with Crippen LogP contribution in [0.25, 0.3) is 11.0 Å². The van der Waals surface area contributed by atoms with Gasteiger partial charge in [-0.25, -0.2) is 4.98 Å². The summed E-state index contributed by atoms with van der Waals surface area (Å²) in [6, 6.07) is 20.1. The quantitative estimate of drug-likeness (QED) is 0.331. The van der Waals surface area contributed by atoms with Gasteiger partial charge >= 0.3 is 0 Å². The molecule has 184 valence electrons. The lowest BCUT2D eigenvalue weighted by atomic mass is 10.1. The lowest BCUT2D eigenvalue weighted by molar-refractivity contribution is -0.117. The smallest absolute Gasteiger partial charge is 0.231 e. The van der Waals surface area contributed by atoms with Gasteiger partial charge in [-0.3, -0.25) is 4.79 Å². The van der Waals surface area contributed by atoms with E-state index >= 15 is 0 Å². The highest BCUT2D eigenvalue weighted by Crippen LogP contribution is 2.39. The summed E-state index contributed by atoms with van der Waals surface area (Å²) in [5.74, 6) is 3.39. The van der Waals surface area contributed by atoms with Crippen molar-refractivity contribution in [3.8, 4) is 17.2 Å². The monoisotopic (exact) mass is 483 g/mol. The van der Waals surface area contributed by atoms with Gasteiger partial charge in [0.2, 0.25) is 12.7 Å². The summed E-state index contributed by atoms with van der Waals surface area (Å²) in [6.07, 6.45) is 1.27. The minimum atomic E-state index is 0.00950. The van der Waals surface area contributed by atoms with Gasteiger partial charge in [-0.1, -0.05) is 24.3 Å². The Morgan fingerprint density at radius 1 is 1.03 bits per heavy atom. The van der Waals surface area contributed by atoms with Crippen LogP contribution < -0.4 is 19.1 Å². The molecule has 2 aliphatic heterocycles. The van der Waals surface area contributed by atoms with Crippen molar-refractivity contribution >= 4 is 22.6 Å². The molecule has 0 radical (unpaired) electrons. The number of hydrogen-bond acceptors (Lipinski definition) is 5. The molecule has 2 aliphatic rings. The van der Waals surface area contributed by atoms with Crippen LogP contribution in [0.3, 0.4) is 0 Å². The molecule has 36 heavy (non-hydrogen) atoms. The van der Waals surface area contributed by atoms with Crippen molar-refractivity contribution in [2.45, 2.75) is 39.2 Å². The third kappa shape index (κ3) is 4.15. The molecule has 0 saturated carbocycles. The number of carbonyl (C=O) groups excluding carboxylic acids is 1. The fourth-order valence-electron chi connectivity index (χ4n) is 5.09. The summed E-state index contributed by atoms with van der Waals surface area (Å²) < 4.78 is 19.3. The maximum absolute atomic E-state index is 13.1. The zero-order valence-corrected chi connectivity index (χ0v) is 20.6. The first-order chi connectivity index (χ1) is 17.6. The van der Waals surface area contributed by atoms with Crippen LogP contribution in [-0.4, -0.2) is 35.4 Å². The fourth-order valence-corrected chi connectivity index (χ4v) is 5.09. The molecule has 1 atom stereocenters. The number of amides is 1. The molecule has 3 aromatic carbocycles. The number of benzene rings is 3. The number of ether oxygens (including phenoxy) is 3. The summed E-state index contributed by atoms with van der Waals surface area (Å²) in [5.41, 5.74) is 5.21. The van der Waals surface area contributed by atoms with Crippen LogP contribution in [0.4, 0.5) is 5.69 Å². The van der Waals surface area contributed by atoms with Crippen molar-refractivity contribution in [2.24, 2.45) is 0 Å². The summed E-state index contributed by atoms with van der Waals surface area (Å²) in [6.45, 7) is 6.33. The number of aromatic nitrogens is 2. The van der Waals surface area contributed by atoms with E-state index < -0.39 is 0 Å². The molecule has 6 rings (SSSR count). The Morgan fingerprint density at radius 2 is 1.89 bits per heavy atom. The average Bonchev–Trinajstić information content (AvgIpc) is 3.60. The van der Waals surface area contributed by atoms with E-state index in [1.165, 1.54) is 5.56 Å². The van der Waals surface area contributed by atoms with E-state index in [0.29, 0.717) is 31.1 Å². The first-order valence-electron chi connectivity index (χ1n) is 12.4. The zero-order chi connectivity index (χ0) is 24.6. The molecule has 3 heterocycles. The molecular formula is C29H29N3O4. The number of para-hydroxylation sites is 2. The predicted molar refractivity (Wildman–Crippen MR) is 138 cm³/mol. The first-order valence-corrected chi connectivity index (χ1v) is 12.4. The third-order valence-corrected chi connectivity index (χ3v) is 6.97. The molecule has 1 saturated heterocycles. The first kappa shape index (κ1) is 22.5. The number of imidazole rings is 1. The Kier molecular flexibility index (Phi) is 5.76. The highest BCUT2D eigenvalue weighted by atomic mass is 16.7. The molecule has 1 aromatic heterocycles. The van der Waals surface area contributed by atoms with Crippen LogP contribution >= 0.6 is 0 Å². The third-order valence-electron chi connectivity index (χ3n) is 6.97. The van der Waals surface area contributed by atoms with Crippen molar-refractivity contribution in [2.75, 3.05) is 24.8 Å². The Morgan fingerprint density at radius 3 is 2.81 bits per heavy atom. The van der Waals surface area contributed by atoms with E-state index in [4.69, 9.17) is 19.2 Å². The van der Waals surface area contributed by atoms with Crippen LogP contribution in [0.1, 0.15) is 35.7 Å². The molecule has 1 fully saturated rings. The number of rotatable bonds is 7. The van der Waals surface area contributed by atoms with Crippen LogP contribution in [0.15, 0.2) is 60.7 Å². The molecule has 0 bridgehead atoms. The number of nitrogens with zero attached hydrogens (tertiary/aromatic N) is 3. The van der Waals surface area contributed by atoms with E-state index in [9.17, 15) is 4.79 Å². The maximum atomic E-state index is 13.1. The van der Waals surface area contributed by atoms with Crippen LogP contribution in [0, 0.1) is 13.8 Å². The van der Waals surface area contributed by atoms with Crippen LogP contribution in [0.5, 0.6) is 17.2 Å². The minimum Gasteiger partial charge on any atom is -0.493 e. The van der Waals surface area contributed by atoms with Gasteiger partial charge in [0.05, 0.1) is 17.6 Å². The normalized spacial score (nSPS) is 16.8. The van der Waals surface area contributed by atoms with Gasteiger partial charge in [0.25, 0.3) is 0 Å². The van der Waals surface area contributed by atoms with Gasteiger partial charge in [-0.2, -0.15) is 0 Å². The van der Waals surface area contributed by atoms with Gasteiger partial charge in [-0.15, -0.1) is 0 Å². The molecule has 4 aromatic rings. The van der Waals surface area contributed by atoms with E-state index in [-0.39, 0.29) is 18.6 Å². The number of anilines is 1. The van der Waals surface area contributed by atoms with Crippen molar-refractivity contribution in [3.63, 3.8) is 0 Å². The highest BCUT2D eigenvalue weighted by molar-refractivity contribution is 5.97. The Bertz CT molecular complexity index is 1440. The molecule has 0 aliphatic carbocycles. The van der Waals surface area contributed by atoms with Crippen LogP contribution in [0.2, 0.25) is 0 Å². The van der Waals surface area contributed by atoms with Gasteiger partial charge in [0.15, 0.2) is 11.5 Å². The van der Waals surface area contributed by atoms with Gasteiger partial charge in [0.1, 0.15) is 11.6 Å². The van der Waals surface area contributed by atoms with E-state index in [1.54, 1.807) is 0 Å². The van der Waals surface area contributed by atoms with Crippen molar-refractivity contribution in [3.05, 3.63) is 77.6 Å². The van der Waals surface area contributed by atoms with Gasteiger partial charge in [-0.05, 0) is 61.7 Å². The van der Waals surface area contributed by atoms with E-state index in [2.05, 4.69) is 42.7 Å².